The molecule has 4 nitrogen and oxygen atoms in total. The van der Waals surface area contributed by atoms with Crippen molar-refractivity contribution >= 4 is 23.1 Å². The minimum atomic E-state index is -0.609. The Kier molecular flexibility index (Phi) is 4.22. The number of amides is 1. The zero-order chi connectivity index (χ0) is 13.2. The van der Waals surface area contributed by atoms with Gasteiger partial charge in [-0.05, 0) is 32.6 Å². The fourth-order valence-electron chi connectivity index (χ4n) is 3.00. The molecule has 1 heterocycles. The third-order valence-corrected chi connectivity index (χ3v) is 4.64. The van der Waals surface area contributed by atoms with E-state index >= 15 is 0 Å². The third kappa shape index (κ3) is 2.52. The minimum Gasteiger partial charge on any atom is -0.392 e. The van der Waals surface area contributed by atoms with Crippen molar-refractivity contribution < 1.29 is 9.53 Å². The molecule has 0 aromatic carbocycles. The number of nitrogens with two attached hydrogens (primary N) is 1. The fourth-order valence-corrected chi connectivity index (χ4v) is 3.30. The van der Waals surface area contributed by atoms with Crippen molar-refractivity contribution in [2.45, 2.75) is 57.6 Å². The quantitative estimate of drug-likeness (QED) is 0.760. The van der Waals surface area contributed by atoms with Gasteiger partial charge >= 0.3 is 0 Å². The van der Waals surface area contributed by atoms with E-state index in [0.29, 0.717) is 4.99 Å². The summed E-state index contributed by atoms with van der Waals surface area (Å²) in [6.45, 7) is 2.79. The molecule has 0 bridgehead atoms. The van der Waals surface area contributed by atoms with Gasteiger partial charge in [0, 0.05) is 6.61 Å². The number of carbonyl (C=O) groups is 1. The van der Waals surface area contributed by atoms with Crippen LogP contribution in [0.4, 0.5) is 0 Å². The first kappa shape index (κ1) is 13.7. The Labute approximate surface area is 114 Å². The predicted molar refractivity (Wildman–Crippen MR) is 74.3 cm³/mol. The highest BCUT2D eigenvalue weighted by atomic mass is 32.1. The molecule has 0 radical (unpaired) electrons. The highest BCUT2D eigenvalue weighted by molar-refractivity contribution is 7.80. The molecule has 0 aromatic heterocycles. The number of carbonyl (C=O) groups excluding carboxylic acids is 1. The van der Waals surface area contributed by atoms with Gasteiger partial charge in [-0.25, -0.2) is 0 Å². The van der Waals surface area contributed by atoms with Crippen LogP contribution in [0, 0.1) is 5.41 Å². The van der Waals surface area contributed by atoms with Crippen LogP contribution in [-0.2, 0) is 9.53 Å². The smallest absolute Gasteiger partial charge is 0.233 e. The van der Waals surface area contributed by atoms with E-state index in [1.807, 2.05) is 6.92 Å². The summed E-state index contributed by atoms with van der Waals surface area (Å²) in [4.78, 5) is 12.8. The normalized spacial score (nSPS) is 27.9. The molecular weight excluding hydrogens is 248 g/mol. The summed E-state index contributed by atoms with van der Waals surface area (Å²) in [5, 5.41) is 3.05. The van der Waals surface area contributed by atoms with E-state index in [4.69, 9.17) is 22.7 Å². The van der Waals surface area contributed by atoms with Gasteiger partial charge in [-0.3, -0.25) is 4.79 Å². The summed E-state index contributed by atoms with van der Waals surface area (Å²) < 4.78 is 5.59. The molecule has 2 aliphatic rings. The average Bonchev–Trinajstić information content (AvgIpc) is 3.01. The van der Waals surface area contributed by atoms with Crippen LogP contribution in [-0.4, -0.2) is 29.6 Å². The molecule has 2 fully saturated rings. The minimum absolute atomic E-state index is 0.00417. The summed E-state index contributed by atoms with van der Waals surface area (Å²) >= 11 is 5.12. The summed E-state index contributed by atoms with van der Waals surface area (Å²) in [6.07, 6.45) is 5.85. The molecule has 102 valence electrons. The second-order valence-electron chi connectivity index (χ2n) is 5.47. The molecule has 0 aromatic rings. The lowest BCUT2D eigenvalue weighted by Crippen LogP contribution is -2.52. The first-order chi connectivity index (χ1) is 8.56. The van der Waals surface area contributed by atoms with Crippen molar-refractivity contribution in [1.29, 1.82) is 0 Å². The van der Waals surface area contributed by atoms with Gasteiger partial charge in [-0.1, -0.05) is 25.1 Å². The topological polar surface area (TPSA) is 64.4 Å². The van der Waals surface area contributed by atoms with Crippen LogP contribution in [0.25, 0.3) is 0 Å². The molecule has 1 saturated carbocycles. The number of hydrogen-bond acceptors (Lipinski definition) is 3. The fraction of sp³-hybridized carbons (Fsp3) is 0.846. The molecule has 1 aliphatic carbocycles. The van der Waals surface area contributed by atoms with Crippen molar-refractivity contribution in [2.75, 3.05) is 6.61 Å². The highest BCUT2D eigenvalue weighted by Gasteiger charge is 2.44. The van der Waals surface area contributed by atoms with Gasteiger partial charge in [0.25, 0.3) is 0 Å². The maximum Gasteiger partial charge on any atom is 0.233 e. The molecule has 1 saturated heterocycles. The zero-order valence-corrected chi connectivity index (χ0v) is 11.7. The van der Waals surface area contributed by atoms with Crippen LogP contribution in [0.1, 0.15) is 45.4 Å². The zero-order valence-electron chi connectivity index (χ0n) is 10.9. The van der Waals surface area contributed by atoms with Crippen molar-refractivity contribution in [3.8, 4) is 0 Å². The predicted octanol–water partition coefficient (Wildman–Crippen LogP) is 1.52. The lowest BCUT2D eigenvalue weighted by Gasteiger charge is -2.29. The Morgan fingerprint density at radius 1 is 1.44 bits per heavy atom. The van der Waals surface area contributed by atoms with Crippen LogP contribution < -0.4 is 11.1 Å². The van der Waals surface area contributed by atoms with E-state index in [0.717, 1.165) is 45.1 Å². The van der Waals surface area contributed by atoms with E-state index < -0.39 is 5.41 Å². The maximum absolute atomic E-state index is 12.4. The van der Waals surface area contributed by atoms with Crippen LogP contribution in [0.2, 0.25) is 0 Å². The van der Waals surface area contributed by atoms with Crippen molar-refractivity contribution in [2.24, 2.45) is 11.1 Å². The van der Waals surface area contributed by atoms with Crippen molar-refractivity contribution in [3.05, 3.63) is 0 Å². The molecule has 1 aliphatic heterocycles. The van der Waals surface area contributed by atoms with E-state index in [1.165, 1.54) is 0 Å². The lowest BCUT2D eigenvalue weighted by molar-refractivity contribution is -0.128. The first-order valence-corrected chi connectivity index (χ1v) is 7.19. The Morgan fingerprint density at radius 2 is 2.11 bits per heavy atom. The molecule has 0 spiro atoms. The Morgan fingerprint density at radius 3 is 2.61 bits per heavy atom. The van der Waals surface area contributed by atoms with Crippen LogP contribution in [0.5, 0.6) is 0 Å². The van der Waals surface area contributed by atoms with Gasteiger partial charge in [-0.15, -0.1) is 0 Å². The third-order valence-electron chi connectivity index (χ3n) is 4.24. The largest absolute Gasteiger partial charge is 0.392 e. The van der Waals surface area contributed by atoms with E-state index in [-0.39, 0.29) is 18.1 Å². The van der Waals surface area contributed by atoms with Gasteiger partial charge in [0.05, 0.1) is 22.5 Å². The van der Waals surface area contributed by atoms with Crippen LogP contribution in [0.15, 0.2) is 0 Å². The summed E-state index contributed by atoms with van der Waals surface area (Å²) in [6, 6.07) is 0.0341. The Hall–Kier alpha value is -0.680. The highest BCUT2D eigenvalue weighted by Crippen LogP contribution is 2.39. The summed E-state index contributed by atoms with van der Waals surface area (Å²) in [5.41, 5.74) is 5.19. The summed E-state index contributed by atoms with van der Waals surface area (Å²) in [7, 11) is 0. The molecule has 18 heavy (non-hydrogen) atoms. The number of ether oxygens (including phenoxy) is 1. The van der Waals surface area contributed by atoms with Gasteiger partial charge in [0.15, 0.2) is 0 Å². The molecule has 2 unspecified atom stereocenters. The van der Waals surface area contributed by atoms with E-state index in [9.17, 15) is 4.79 Å². The molecular formula is C13H22N2O2S. The van der Waals surface area contributed by atoms with Crippen LogP contribution in [0.3, 0.4) is 0 Å². The SMILES string of the molecule is CC(NC(=O)C1(C(N)=S)CCCC1)C1CCCO1. The molecule has 2 rings (SSSR count). The summed E-state index contributed by atoms with van der Waals surface area (Å²) in [5.74, 6) is -0.00417. The Bertz CT molecular complexity index is 334. The molecule has 2 atom stereocenters. The molecule has 1 amide bonds. The number of nitrogens with one attached hydrogen (secondary N) is 1. The number of hydrogen-bond donors (Lipinski definition) is 2. The first-order valence-electron chi connectivity index (χ1n) is 6.79. The maximum atomic E-state index is 12.4. The van der Waals surface area contributed by atoms with Crippen molar-refractivity contribution in [1.82, 2.24) is 5.32 Å². The monoisotopic (exact) mass is 270 g/mol. The number of rotatable bonds is 4. The van der Waals surface area contributed by atoms with Gasteiger partial charge in [0.1, 0.15) is 0 Å². The van der Waals surface area contributed by atoms with E-state index in [1.54, 1.807) is 0 Å². The van der Waals surface area contributed by atoms with Gasteiger partial charge in [0.2, 0.25) is 5.91 Å². The van der Waals surface area contributed by atoms with Crippen LogP contribution >= 0.6 is 12.2 Å². The second-order valence-corrected chi connectivity index (χ2v) is 5.91. The second kappa shape index (κ2) is 5.53. The molecule has 5 heteroatoms. The number of thiocarbonyl (C=S) groups is 1. The van der Waals surface area contributed by atoms with E-state index in [2.05, 4.69) is 5.32 Å². The molecule has 3 N–H and O–H groups in total. The van der Waals surface area contributed by atoms with Gasteiger partial charge < -0.3 is 15.8 Å². The average molecular weight is 270 g/mol. The Balaban J connectivity index is 1.99. The van der Waals surface area contributed by atoms with Crippen molar-refractivity contribution in [3.63, 3.8) is 0 Å². The lowest BCUT2D eigenvalue weighted by atomic mass is 9.84. The standard InChI is InChI=1S/C13H22N2O2S/c1-9(10-5-4-8-17-10)15-12(16)13(11(14)18)6-2-3-7-13/h9-10H,2-8H2,1H3,(H2,14,18)(H,15,16). The van der Waals surface area contributed by atoms with Gasteiger partial charge in [-0.2, -0.15) is 0 Å².